The maximum Gasteiger partial charge on any atom is 0.373 e. The zero-order chi connectivity index (χ0) is 15.6. The molecular weight excluding hydrogens is 383 g/mol. The van der Waals surface area contributed by atoms with E-state index < -0.39 is 12.1 Å². The Morgan fingerprint density at radius 1 is 1.29 bits per heavy atom. The highest BCUT2D eigenvalue weighted by Crippen LogP contribution is 2.36. The van der Waals surface area contributed by atoms with Gasteiger partial charge < -0.3 is 13.9 Å². The summed E-state index contributed by atoms with van der Waals surface area (Å²) in [5.74, 6) is 0.472. The third kappa shape index (κ3) is 3.73. The van der Waals surface area contributed by atoms with E-state index in [1.807, 2.05) is 0 Å². The molecule has 1 aromatic heterocycles. The molecule has 1 heterocycles. The number of halogens is 3. The van der Waals surface area contributed by atoms with Crippen LogP contribution in [0.3, 0.4) is 0 Å². The molecule has 0 saturated heterocycles. The lowest BCUT2D eigenvalue weighted by atomic mass is 10.3. The number of carbonyl (C=O) groups excluding carboxylic acids is 1. The van der Waals surface area contributed by atoms with Crippen molar-refractivity contribution in [3.05, 3.63) is 50.3 Å². The van der Waals surface area contributed by atoms with E-state index in [0.29, 0.717) is 26.0 Å². The molecule has 0 aliphatic carbocycles. The number of hydrogen-bond acceptors (Lipinski definition) is 4. The third-order valence-corrected chi connectivity index (χ3v) is 4.19. The largest absolute Gasteiger partial charge is 0.481 e. The maximum atomic E-state index is 11.3. The molecule has 1 unspecified atom stereocenters. The van der Waals surface area contributed by atoms with Crippen LogP contribution in [0.2, 0.25) is 10.0 Å². The van der Waals surface area contributed by atoms with Crippen LogP contribution < -0.4 is 4.74 Å². The minimum atomic E-state index is -0.543. The highest BCUT2D eigenvalue weighted by Gasteiger charge is 2.18. The number of methoxy groups -OCH3 is 1. The van der Waals surface area contributed by atoms with E-state index in [1.165, 1.54) is 13.2 Å². The average Bonchev–Trinajstić information content (AvgIpc) is 2.93. The topological polar surface area (TPSA) is 48.7 Å². The number of esters is 1. The molecule has 112 valence electrons. The Morgan fingerprint density at radius 2 is 2.00 bits per heavy atom. The standard InChI is InChI=1S/C14H11BrCl2O4/c1-7(11-3-4-12(21-11)14(18)19-2)20-13-6-9(16)8(15)5-10(13)17/h3-7H,1-2H3. The summed E-state index contributed by atoms with van der Waals surface area (Å²) in [4.78, 5) is 11.3. The van der Waals surface area contributed by atoms with Crippen LogP contribution in [0.15, 0.2) is 33.2 Å². The summed E-state index contributed by atoms with van der Waals surface area (Å²) in [6.45, 7) is 1.77. The van der Waals surface area contributed by atoms with Gasteiger partial charge in [0.2, 0.25) is 5.76 Å². The molecule has 0 fully saturated rings. The summed E-state index contributed by atoms with van der Waals surface area (Å²) >= 11 is 15.4. The van der Waals surface area contributed by atoms with Gasteiger partial charge in [-0.2, -0.15) is 0 Å². The lowest BCUT2D eigenvalue weighted by Crippen LogP contribution is -2.03. The molecule has 0 radical (unpaired) electrons. The molecule has 0 aliphatic rings. The number of ether oxygens (including phenoxy) is 2. The van der Waals surface area contributed by atoms with Crippen molar-refractivity contribution in [1.82, 2.24) is 0 Å². The summed E-state index contributed by atoms with van der Waals surface area (Å²) in [6.07, 6.45) is -0.446. The fourth-order valence-corrected chi connectivity index (χ4v) is 2.46. The quantitative estimate of drug-likeness (QED) is 0.524. The first kappa shape index (κ1) is 16.2. The minimum Gasteiger partial charge on any atom is -0.481 e. The number of hydrogen-bond donors (Lipinski definition) is 0. The van der Waals surface area contributed by atoms with Gasteiger partial charge in [-0.05, 0) is 41.1 Å². The fourth-order valence-electron chi connectivity index (χ4n) is 1.62. The zero-order valence-electron chi connectivity index (χ0n) is 11.2. The van der Waals surface area contributed by atoms with Gasteiger partial charge in [0.1, 0.15) is 11.5 Å². The molecule has 1 aromatic carbocycles. The lowest BCUT2D eigenvalue weighted by molar-refractivity contribution is 0.0558. The maximum absolute atomic E-state index is 11.3. The molecule has 0 aliphatic heterocycles. The molecule has 0 N–H and O–H groups in total. The first-order valence-electron chi connectivity index (χ1n) is 5.91. The van der Waals surface area contributed by atoms with Crippen molar-refractivity contribution in [2.45, 2.75) is 13.0 Å². The molecule has 1 atom stereocenters. The SMILES string of the molecule is COC(=O)c1ccc(C(C)Oc2cc(Cl)c(Br)cc2Cl)o1. The van der Waals surface area contributed by atoms with Crippen LogP contribution in [-0.2, 0) is 4.74 Å². The highest BCUT2D eigenvalue weighted by molar-refractivity contribution is 9.10. The molecular formula is C14H11BrCl2O4. The van der Waals surface area contributed by atoms with E-state index in [0.717, 1.165) is 0 Å². The van der Waals surface area contributed by atoms with Crippen molar-refractivity contribution in [3.63, 3.8) is 0 Å². The van der Waals surface area contributed by atoms with Crippen molar-refractivity contribution in [2.75, 3.05) is 7.11 Å². The van der Waals surface area contributed by atoms with Crippen LogP contribution in [0.1, 0.15) is 29.3 Å². The molecule has 2 aromatic rings. The first-order chi connectivity index (χ1) is 9.92. The van der Waals surface area contributed by atoms with Gasteiger partial charge in [0.15, 0.2) is 6.10 Å². The molecule has 0 spiro atoms. The van der Waals surface area contributed by atoms with E-state index in [1.54, 1.807) is 25.1 Å². The van der Waals surface area contributed by atoms with E-state index in [4.69, 9.17) is 32.4 Å². The number of furan rings is 1. The van der Waals surface area contributed by atoms with Crippen molar-refractivity contribution in [2.24, 2.45) is 0 Å². The van der Waals surface area contributed by atoms with Crippen LogP contribution in [0.25, 0.3) is 0 Å². The Balaban J connectivity index is 2.18. The molecule has 7 heteroatoms. The van der Waals surface area contributed by atoms with Gasteiger partial charge in [-0.3, -0.25) is 0 Å². The van der Waals surface area contributed by atoms with Crippen molar-refractivity contribution >= 4 is 45.1 Å². The number of rotatable bonds is 4. The van der Waals surface area contributed by atoms with Crippen LogP contribution >= 0.6 is 39.1 Å². The molecule has 0 amide bonds. The fraction of sp³-hybridized carbons (Fsp3) is 0.214. The Morgan fingerprint density at radius 3 is 2.67 bits per heavy atom. The Bertz CT molecular complexity index is 669. The van der Waals surface area contributed by atoms with Crippen LogP contribution in [-0.4, -0.2) is 13.1 Å². The van der Waals surface area contributed by atoms with Gasteiger partial charge in [0.25, 0.3) is 0 Å². The molecule has 0 bridgehead atoms. The predicted octanol–water partition coefficient (Wildman–Crippen LogP) is 5.28. The smallest absolute Gasteiger partial charge is 0.373 e. The minimum absolute atomic E-state index is 0.114. The van der Waals surface area contributed by atoms with E-state index in [9.17, 15) is 4.79 Å². The normalized spacial score (nSPS) is 12.0. The van der Waals surface area contributed by atoms with Crippen molar-refractivity contribution < 1.29 is 18.7 Å². The van der Waals surface area contributed by atoms with Crippen LogP contribution in [0.5, 0.6) is 5.75 Å². The van der Waals surface area contributed by atoms with E-state index in [2.05, 4.69) is 20.7 Å². The van der Waals surface area contributed by atoms with Gasteiger partial charge in [0, 0.05) is 10.5 Å². The second-order valence-corrected chi connectivity index (χ2v) is 5.82. The van der Waals surface area contributed by atoms with E-state index >= 15 is 0 Å². The van der Waals surface area contributed by atoms with Crippen LogP contribution in [0, 0.1) is 0 Å². The average molecular weight is 394 g/mol. The second kappa shape index (κ2) is 6.73. The van der Waals surface area contributed by atoms with Gasteiger partial charge in [-0.1, -0.05) is 23.2 Å². The Labute approximate surface area is 140 Å². The van der Waals surface area contributed by atoms with Crippen LogP contribution in [0.4, 0.5) is 0 Å². The predicted molar refractivity (Wildman–Crippen MR) is 83.3 cm³/mol. The van der Waals surface area contributed by atoms with Gasteiger partial charge in [-0.25, -0.2) is 4.79 Å². The van der Waals surface area contributed by atoms with Gasteiger partial charge in [-0.15, -0.1) is 0 Å². The molecule has 4 nitrogen and oxygen atoms in total. The number of carbonyl (C=O) groups is 1. The van der Waals surface area contributed by atoms with Crippen molar-refractivity contribution in [1.29, 1.82) is 0 Å². The summed E-state index contributed by atoms with van der Waals surface area (Å²) < 4.78 is 16.3. The summed E-state index contributed by atoms with van der Waals surface area (Å²) in [5, 5.41) is 0.897. The first-order valence-corrected chi connectivity index (χ1v) is 7.46. The summed E-state index contributed by atoms with van der Waals surface area (Å²) in [5.41, 5.74) is 0. The van der Waals surface area contributed by atoms with Gasteiger partial charge in [0.05, 0.1) is 17.2 Å². The molecule has 0 saturated carbocycles. The zero-order valence-corrected chi connectivity index (χ0v) is 14.3. The Hall–Kier alpha value is -1.17. The summed E-state index contributed by atoms with van der Waals surface area (Å²) in [6, 6.07) is 6.42. The molecule has 2 rings (SSSR count). The van der Waals surface area contributed by atoms with E-state index in [-0.39, 0.29) is 5.76 Å². The second-order valence-electron chi connectivity index (χ2n) is 4.15. The van der Waals surface area contributed by atoms with Crippen molar-refractivity contribution in [3.8, 4) is 5.75 Å². The Kier molecular flexibility index (Phi) is 5.19. The lowest BCUT2D eigenvalue weighted by Gasteiger charge is -2.14. The third-order valence-electron chi connectivity index (χ3n) is 2.69. The summed E-state index contributed by atoms with van der Waals surface area (Å²) in [7, 11) is 1.29. The molecule has 21 heavy (non-hydrogen) atoms. The number of benzene rings is 1. The highest BCUT2D eigenvalue weighted by atomic mass is 79.9. The van der Waals surface area contributed by atoms with Gasteiger partial charge >= 0.3 is 5.97 Å². The monoisotopic (exact) mass is 392 g/mol.